The van der Waals surface area contributed by atoms with Gasteiger partial charge in [-0.1, -0.05) is 30.3 Å². The summed E-state index contributed by atoms with van der Waals surface area (Å²) in [6.45, 7) is 3.76. The number of carbonyl (C=O) groups excluding carboxylic acids is 3. The highest BCUT2D eigenvalue weighted by Gasteiger charge is 2.43. The number of pyridine rings is 1. The van der Waals surface area contributed by atoms with Gasteiger partial charge in [-0.2, -0.15) is 0 Å². The molecule has 0 spiro atoms. The molecule has 0 saturated heterocycles. The predicted molar refractivity (Wildman–Crippen MR) is 163 cm³/mol. The summed E-state index contributed by atoms with van der Waals surface area (Å²) in [5.74, 6) is -3.24. The van der Waals surface area contributed by atoms with Gasteiger partial charge in [0.1, 0.15) is 19.1 Å². The number of aliphatic imine (C=N–C) groups is 1. The molecule has 5 rings (SSSR count). The molecule has 0 fully saturated rings. The molecule has 0 amide bonds. The lowest BCUT2D eigenvalue weighted by molar-refractivity contribution is -0.151. The van der Waals surface area contributed by atoms with Crippen LogP contribution < -0.4 is 0 Å². The van der Waals surface area contributed by atoms with E-state index in [1.165, 1.54) is 7.11 Å². The van der Waals surface area contributed by atoms with Crippen LogP contribution in [0.5, 0.6) is 0 Å². The van der Waals surface area contributed by atoms with Gasteiger partial charge in [-0.25, -0.2) is 14.8 Å². The summed E-state index contributed by atoms with van der Waals surface area (Å²) in [5.41, 5.74) is 3.67. The third-order valence-electron chi connectivity index (χ3n) is 7.62. The van der Waals surface area contributed by atoms with Crippen LogP contribution in [0, 0.1) is 5.92 Å². The van der Waals surface area contributed by atoms with Crippen LogP contribution in [-0.4, -0.2) is 68.0 Å². The Bertz CT molecular complexity index is 1660. The third-order valence-corrected chi connectivity index (χ3v) is 7.62. The molecule has 1 aliphatic rings. The number of hydrogen-bond donors (Lipinski definition) is 0. The Hall–Kier alpha value is -5.39. The first-order valence-corrected chi connectivity index (χ1v) is 14.4. The SMILES string of the molecule is COC(=O)C1C(C)=NC(C)=C(C(=O)OCCOC(=O)CC(c2ccc(Cn3ccnc3)cc2)n2ccnc2)C1c1ccccn1. The summed E-state index contributed by atoms with van der Waals surface area (Å²) >= 11 is 0. The van der Waals surface area contributed by atoms with E-state index in [4.69, 9.17) is 14.2 Å². The van der Waals surface area contributed by atoms with Crippen molar-refractivity contribution >= 4 is 23.6 Å². The normalized spacial score (nSPS) is 16.9. The number of aromatic nitrogens is 5. The predicted octanol–water partition coefficient (Wildman–Crippen LogP) is 3.91. The van der Waals surface area contributed by atoms with E-state index in [1.807, 2.05) is 39.6 Å². The number of hydrogen-bond acceptors (Lipinski definition) is 10. The Morgan fingerprint density at radius 2 is 1.67 bits per heavy atom. The second kappa shape index (κ2) is 14.4. The molecule has 232 valence electrons. The number of imidazole rings is 2. The fraction of sp³-hybridized carbons (Fsp3) is 0.303. The van der Waals surface area contributed by atoms with E-state index in [-0.39, 0.29) is 31.2 Å². The van der Waals surface area contributed by atoms with E-state index in [0.717, 1.165) is 11.1 Å². The van der Waals surface area contributed by atoms with Crippen LogP contribution in [-0.2, 0) is 35.1 Å². The van der Waals surface area contributed by atoms with Crippen LogP contribution in [0.1, 0.15) is 49.0 Å². The van der Waals surface area contributed by atoms with Gasteiger partial charge < -0.3 is 23.3 Å². The van der Waals surface area contributed by atoms with E-state index < -0.39 is 29.7 Å². The van der Waals surface area contributed by atoms with Gasteiger partial charge in [-0.15, -0.1) is 0 Å². The molecule has 4 aromatic rings. The zero-order chi connectivity index (χ0) is 31.8. The topological polar surface area (TPSA) is 140 Å². The Balaban J connectivity index is 1.21. The van der Waals surface area contributed by atoms with E-state index in [1.54, 1.807) is 69.5 Å². The summed E-state index contributed by atoms with van der Waals surface area (Å²) in [7, 11) is 1.29. The lowest BCUT2D eigenvalue weighted by Crippen LogP contribution is -2.36. The second-order valence-corrected chi connectivity index (χ2v) is 10.5. The van der Waals surface area contributed by atoms with E-state index in [9.17, 15) is 14.4 Å². The van der Waals surface area contributed by atoms with Crippen LogP contribution >= 0.6 is 0 Å². The number of methoxy groups -OCH3 is 1. The Morgan fingerprint density at radius 1 is 0.911 bits per heavy atom. The van der Waals surface area contributed by atoms with Crippen molar-refractivity contribution in [2.45, 2.75) is 38.8 Å². The molecule has 0 saturated carbocycles. The maximum Gasteiger partial charge on any atom is 0.336 e. The molecule has 12 heteroatoms. The van der Waals surface area contributed by atoms with Crippen LogP contribution in [0.4, 0.5) is 0 Å². The summed E-state index contributed by atoms with van der Waals surface area (Å²) < 4.78 is 19.8. The molecular weight excluding hydrogens is 576 g/mol. The zero-order valence-corrected chi connectivity index (χ0v) is 25.3. The summed E-state index contributed by atoms with van der Waals surface area (Å²) in [6, 6.07) is 12.9. The molecule has 3 unspecified atom stereocenters. The van der Waals surface area contributed by atoms with Crippen molar-refractivity contribution in [3.8, 4) is 0 Å². The maximum atomic E-state index is 13.4. The van der Waals surface area contributed by atoms with Gasteiger partial charge in [0.15, 0.2) is 0 Å². The van der Waals surface area contributed by atoms with Crippen LogP contribution in [0.15, 0.2) is 102 Å². The molecule has 0 bridgehead atoms. The largest absolute Gasteiger partial charge is 0.468 e. The molecule has 0 radical (unpaired) electrons. The summed E-state index contributed by atoms with van der Waals surface area (Å²) in [4.78, 5) is 56.1. The molecule has 45 heavy (non-hydrogen) atoms. The van der Waals surface area contributed by atoms with Gasteiger partial charge in [-0.3, -0.25) is 19.6 Å². The molecular formula is C33H34N6O6. The van der Waals surface area contributed by atoms with Crippen molar-refractivity contribution in [3.05, 3.63) is 114 Å². The Labute approximate surface area is 260 Å². The van der Waals surface area contributed by atoms with Gasteiger partial charge in [0, 0.05) is 54.6 Å². The number of benzene rings is 1. The standard InChI is InChI=1S/C33H34N6O6/c1-22-29(32(41)43-3)31(26-6-4-5-11-36-26)30(23(2)37-22)33(42)45-17-16-44-28(40)18-27(39-15-13-35-21-39)25-9-7-24(8-10-25)19-38-14-12-34-20-38/h4-15,20-21,27,29,31H,16-19H2,1-3H3. The second-order valence-electron chi connectivity index (χ2n) is 10.5. The van der Waals surface area contributed by atoms with Gasteiger partial charge >= 0.3 is 17.9 Å². The highest BCUT2D eigenvalue weighted by atomic mass is 16.6. The zero-order valence-electron chi connectivity index (χ0n) is 25.3. The molecule has 1 aliphatic heterocycles. The monoisotopic (exact) mass is 610 g/mol. The smallest absolute Gasteiger partial charge is 0.336 e. The fourth-order valence-electron chi connectivity index (χ4n) is 5.48. The van der Waals surface area contributed by atoms with Crippen molar-refractivity contribution in [1.82, 2.24) is 24.1 Å². The molecule has 0 aliphatic carbocycles. The highest BCUT2D eigenvalue weighted by molar-refractivity contribution is 6.06. The average molecular weight is 611 g/mol. The average Bonchev–Trinajstić information content (AvgIpc) is 3.77. The van der Waals surface area contributed by atoms with E-state index >= 15 is 0 Å². The van der Waals surface area contributed by atoms with Gasteiger partial charge in [0.05, 0.1) is 43.7 Å². The molecule has 4 heterocycles. The number of ether oxygens (including phenoxy) is 3. The summed E-state index contributed by atoms with van der Waals surface area (Å²) in [6.07, 6.45) is 12.1. The third kappa shape index (κ3) is 7.40. The lowest BCUT2D eigenvalue weighted by atomic mass is 9.77. The van der Waals surface area contributed by atoms with Gasteiger partial charge in [-0.05, 0) is 37.1 Å². The Kier molecular flexibility index (Phi) is 9.93. The minimum Gasteiger partial charge on any atom is -0.468 e. The van der Waals surface area contributed by atoms with Crippen LogP contribution in [0.25, 0.3) is 0 Å². The number of carbonyl (C=O) groups is 3. The minimum absolute atomic E-state index is 0.0476. The molecule has 12 nitrogen and oxygen atoms in total. The van der Waals surface area contributed by atoms with Gasteiger partial charge in [0.25, 0.3) is 0 Å². The lowest BCUT2D eigenvalue weighted by Gasteiger charge is -2.30. The van der Waals surface area contributed by atoms with Gasteiger partial charge in [0.2, 0.25) is 0 Å². The first-order chi connectivity index (χ1) is 21.9. The number of allylic oxidation sites excluding steroid dienone is 1. The van der Waals surface area contributed by atoms with Crippen molar-refractivity contribution in [3.63, 3.8) is 0 Å². The number of rotatable bonds is 12. The van der Waals surface area contributed by atoms with Crippen molar-refractivity contribution < 1.29 is 28.6 Å². The first kappa shape index (κ1) is 31.0. The quantitative estimate of drug-likeness (QED) is 0.133. The van der Waals surface area contributed by atoms with Crippen LogP contribution in [0.3, 0.4) is 0 Å². The molecule has 1 aromatic carbocycles. The fourth-order valence-corrected chi connectivity index (χ4v) is 5.48. The van der Waals surface area contributed by atoms with E-state index in [2.05, 4.69) is 19.9 Å². The molecule has 3 aromatic heterocycles. The van der Waals surface area contributed by atoms with Crippen LogP contribution in [0.2, 0.25) is 0 Å². The highest BCUT2D eigenvalue weighted by Crippen LogP contribution is 2.39. The molecule has 3 atom stereocenters. The number of nitrogens with zero attached hydrogens (tertiary/aromatic N) is 6. The maximum absolute atomic E-state index is 13.4. The van der Waals surface area contributed by atoms with Crippen molar-refractivity contribution in [2.24, 2.45) is 10.9 Å². The number of esters is 3. The molecule has 0 N–H and O–H groups in total. The van der Waals surface area contributed by atoms with E-state index in [0.29, 0.717) is 23.6 Å². The first-order valence-electron chi connectivity index (χ1n) is 14.4. The minimum atomic E-state index is -0.839. The Morgan fingerprint density at radius 3 is 2.33 bits per heavy atom. The summed E-state index contributed by atoms with van der Waals surface area (Å²) in [5, 5.41) is 0. The van der Waals surface area contributed by atoms with Crippen molar-refractivity contribution in [1.29, 1.82) is 0 Å². The van der Waals surface area contributed by atoms with Crippen molar-refractivity contribution in [2.75, 3.05) is 20.3 Å².